The number of aryl methyl sites for hydroxylation is 1. The second-order valence-corrected chi connectivity index (χ2v) is 6.87. The molecule has 1 aromatic rings. The Morgan fingerprint density at radius 2 is 1.90 bits per heavy atom. The summed E-state index contributed by atoms with van der Waals surface area (Å²) in [5, 5.41) is 0. The standard InChI is InChI=1S/C18H29FN2/c1-12(2)15-6-5-8-21(9-7-15)18-10-13(3)17(19)11-16(18)14(4)20/h10-12,14-15H,5-9,20H2,1-4H3/t14-,15?/m0/s1. The van der Waals surface area contributed by atoms with Crippen molar-refractivity contribution in [2.45, 2.75) is 53.0 Å². The highest BCUT2D eigenvalue weighted by molar-refractivity contribution is 5.57. The van der Waals surface area contributed by atoms with Crippen molar-refractivity contribution in [1.29, 1.82) is 0 Å². The second kappa shape index (κ2) is 6.78. The molecule has 0 aliphatic carbocycles. The van der Waals surface area contributed by atoms with Crippen molar-refractivity contribution in [3.05, 3.63) is 29.1 Å². The maximum Gasteiger partial charge on any atom is 0.126 e. The van der Waals surface area contributed by atoms with Gasteiger partial charge in [-0.1, -0.05) is 13.8 Å². The molecule has 0 amide bonds. The lowest BCUT2D eigenvalue weighted by Gasteiger charge is -2.28. The van der Waals surface area contributed by atoms with Gasteiger partial charge in [0.2, 0.25) is 0 Å². The van der Waals surface area contributed by atoms with Crippen molar-refractivity contribution < 1.29 is 4.39 Å². The Morgan fingerprint density at radius 3 is 2.52 bits per heavy atom. The van der Waals surface area contributed by atoms with E-state index in [1.807, 2.05) is 19.9 Å². The Labute approximate surface area is 128 Å². The largest absolute Gasteiger partial charge is 0.371 e. The minimum absolute atomic E-state index is 0.140. The zero-order valence-corrected chi connectivity index (χ0v) is 13.8. The molecule has 21 heavy (non-hydrogen) atoms. The topological polar surface area (TPSA) is 29.3 Å². The highest BCUT2D eigenvalue weighted by atomic mass is 19.1. The van der Waals surface area contributed by atoms with Crippen LogP contribution in [0, 0.1) is 24.6 Å². The Hall–Kier alpha value is -1.09. The first-order chi connectivity index (χ1) is 9.90. The highest BCUT2D eigenvalue weighted by Gasteiger charge is 2.22. The van der Waals surface area contributed by atoms with Crippen molar-refractivity contribution in [2.75, 3.05) is 18.0 Å². The Bertz CT molecular complexity index is 482. The first kappa shape index (κ1) is 16.3. The highest BCUT2D eigenvalue weighted by Crippen LogP contribution is 2.32. The molecule has 3 heteroatoms. The van der Waals surface area contributed by atoms with E-state index in [-0.39, 0.29) is 11.9 Å². The summed E-state index contributed by atoms with van der Waals surface area (Å²) in [7, 11) is 0. The van der Waals surface area contributed by atoms with Gasteiger partial charge in [0.05, 0.1) is 0 Å². The van der Waals surface area contributed by atoms with E-state index >= 15 is 0 Å². The van der Waals surface area contributed by atoms with Crippen LogP contribution in [0.1, 0.15) is 57.2 Å². The van der Waals surface area contributed by atoms with Gasteiger partial charge in [-0.3, -0.25) is 0 Å². The third-order valence-electron chi connectivity index (χ3n) is 4.85. The number of hydrogen-bond acceptors (Lipinski definition) is 2. The molecule has 2 N–H and O–H groups in total. The van der Waals surface area contributed by atoms with Gasteiger partial charge in [0.15, 0.2) is 0 Å². The maximum atomic E-state index is 13.9. The van der Waals surface area contributed by atoms with Gasteiger partial charge in [-0.15, -0.1) is 0 Å². The summed E-state index contributed by atoms with van der Waals surface area (Å²) in [6.45, 7) is 10.5. The van der Waals surface area contributed by atoms with Gasteiger partial charge >= 0.3 is 0 Å². The van der Waals surface area contributed by atoms with Crippen LogP contribution >= 0.6 is 0 Å². The van der Waals surface area contributed by atoms with Crippen molar-refractivity contribution in [2.24, 2.45) is 17.6 Å². The molecule has 0 saturated carbocycles. The Morgan fingerprint density at radius 1 is 1.19 bits per heavy atom. The number of benzene rings is 1. The lowest BCUT2D eigenvalue weighted by molar-refractivity contribution is 0.351. The molecule has 0 radical (unpaired) electrons. The molecule has 2 atom stereocenters. The molecule has 0 bridgehead atoms. The van der Waals surface area contributed by atoms with Gasteiger partial charge in [0, 0.05) is 24.8 Å². The van der Waals surface area contributed by atoms with Crippen LogP contribution in [-0.4, -0.2) is 13.1 Å². The van der Waals surface area contributed by atoms with E-state index in [1.165, 1.54) is 19.3 Å². The summed E-state index contributed by atoms with van der Waals surface area (Å²) in [5.74, 6) is 1.39. The van der Waals surface area contributed by atoms with Gasteiger partial charge in [-0.25, -0.2) is 4.39 Å². The lowest BCUT2D eigenvalue weighted by Crippen LogP contribution is -2.27. The minimum Gasteiger partial charge on any atom is -0.371 e. The van der Waals surface area contributed by atoms with Crippen LogP contribution in [0.3, 0.4) is 0 Å². The van der Waals surface area contributed by atoms with Gasteiger partial charge in [-0.05, 0) is 68.2 Å². The van der Waals surface area contributed by atoms with Crippen LogP contribution in [0.5, 0.6) is 0 Å². The van der Waals surface area contributed by atoms with Gasteiger partial charge in [0.1, 0.15) is 5.82 Å². The molecule has 2 rings (SSSR count). The Kier molecular flexibility index (Phi) is 5.26. The van der Waals surface area contributed by atoms with Crippen molar-refractivity contribution in [3.8, 4) is 0 Å². The van der Waals surface area contributed by atoms with Crippen LogP contribution in [0.2, 0.25) is 0 Å². The third kappa shape index (κ3) is 3.76. The number of halogens is 1. The fourth-order valence-electron chi connectivity index (χ4n) is 3.35. The van der Waals surface area contributed by atoms with E-state index in [0.717, 1.165) is 36.2 Å². The fourth-order valence-corrected chi connectivity index (χ4v) is 3.35. The molecule has 1 saturated heterocycles. The molecule has 1 aromatic carbocycles. The molecule has 1 fully saturated rings. The van der Waals surface area contributed by atoms with Gasteiger partial charge in [-0.2, -0.15) is 0 Å². The maximum absolute atomic E-state index is 13.9. The zero-order chi connectivity index (χ0) is 15.6. The van der Waals surface area contributed by atoms with Crippen molar-refractivity contribution in [1.82, 2.24) is 0 Å². The second-order valence-electron chi connectivity index (χ2n) is 6.87. The average molecular weight is 292 g/mol. The summed E-state index contributed by atoms with van der Waals surface area (Å²) in [5.41, 5.74) is 8.83. The fraction of sp³-hybridized carbons (Fsp3) is 0.667. The van der Waals surface area contributed by atoms with Crippen molar-refractivity contribution >= 4 is 5.69 Å². The first-order valence-corrected chi connectivity index (χ1v) is 8.20. The molecule has 1 heterocycles. The summed E-state index contributed by atoms with van der Waals surface area (Å²) in [4.78, 5) is 2.41. The molecular weight excluding hydrogens is 263 g/mol. The van der Waals surface area contributed by atoms with Crippen LogP contribution in [0.4, 0.5) is 10.1 Å². The van der Waals surface area contributed by atoms with E-state index in [0.29, 0.717) is 5.56 Å². The predicted molar refractivity (Wildman–Crippen MR) is 88.1 cm³/mol. The van der Waals surface area contributed by atoms with Crippen LogP contribution in [0.25, 0.3) is 0 Å². The predicted octanol–water partition coefficient (Wildman–Crippen LogP) is 4.42. The monoisotopic (exact) mass is 292 g/mol. The molecule has 1 aliphatic heterocycles. The minimum atomic E-state index is -0.152. The van der Waals surface area contributed by atoms with E-state index in [2.05, 4.69) is 18.7 Å². The van der Waals surface area contributed by atoms with E-state index < -0.39 is 0 Å². The normalized spacial score (nSPS) is 21.5. The smallest absolute Gasteiger partial charge is 0.126 e. The molecule has 0 aromatic heterocycles. The number of anilines is 1. The molecule has 2 nitrogen and oxygen atoms in total. The van der Waals surface area contributed by atoms with E-state index in [4.69, 9.17) is 5.73 Å². The summed E-state index contributed by atoms with van der Waals surface area (Å²) in [6.07, 6.45) is 3.71. The molecule has 1 unspecified atom stereocenters. The zero-order valence-electron chi connectivity index (χ0n) is 13.8. The average Bonchev–Trinajstić information content (AvgIpc) is 2.67. The lowest BCUT2D eigenvalue weighted by atomic mass is 9.89. The summed E-state index contributed by atoms with van der Waals surface area (Å²) in [6, 6.07) is 3.46. The number of nitrogens with zero attached hydrogens (tertiary/aromatic N) is 1. The number of nitrogens with two attached hydrogens (primary N) is 1. The molecule has 0 spiro atoms. The SMILES string of the molecule is Cc1cc(N2CCCC(C(C)C)CC2)c([C@H](C)N)cc1F. The summed E-state index contributed by atoms with van der Waals surface area (Å²) >= 11 is 0. The van der Waals surface area contributed by atoms with E-state index in [1.54, 1.807) is 6.07 Å². The molecular formula is C18H29FN2. The third-order valence-corrected chi connectivity index (χ3v) is 4.85. The van der Waals surface area contributed by atoms with Gasteiger partial charge in [0.25, 0.3) is 0 Å². The number of hydrogen-bond donors (Lipinski definition) is 1. The molecule has 1 aliphatic rings. The van der Waals surface area contributed by atoms with Crippen LogP contribution in [0.15, 0.2) is 12.1 Å². The van der Waals surface area contributed by atoms with Crippen LogP contribution < -0.4 is 10.6 Å². The van der Waals surface area contributed by atoms with E-state index in [9.17, 15) is 4.39 Å². The summed E-state index contributed by atoms with van der Waals surface area (Å²) < 4.78 is 13.9. The molecule has 118 valence electrons. The first-order valence-electron chi connectivity index (χ1n) is 8.20. The van der Waals surface area contributed by atoms with Crippen molar-refractivity contribution in [3.63, 3.8) is 0 Å². The number of rotatable bonds is 3. The van der Waals surface area contributed by atoms with Gasteiger partial charge < -0.3 is 10.6 Å². The Balaban J connectivity index is 2.27. The quantitative estimate of drug-likeness (QED) is 0.893. The van der Waals surface area contributed by atoms with Crippen LogP contribution in [-0.2, 0) is 0 Å².